The fourth-order valence-corrected chi connectivity index (χ4v) is 4.12. The molecule has 10 nitrogen and oxygen atoms in total. The molecule has 0 unspecified atom stereocenters. The molecular formula is C25H35N3O7S. The number of sulfone groups is 1. The van der Waals surface area contributed by atoms with Crippen molar-refractivity contribution in [2.45, 2.75) is 45.6 Å². The van der Waals surface area contributed by atoms with Gasteiger partial charge in [-0.05, 0) is 51.5 Å². The Balaban J connectivity index is 2.22. The van der Waals surface area contributed by atoms with Gasteiger partial charge in [-0.1, -0.05) is 6.92 Å². The summed E-state index contributed by atoms with van der Waals surface area (Å²) in [5.41, 5.74) is 1.28. The lowest BCUT2D eigenvalue weighted by molar-refractivity contribution is 0.0950. The van der Waals surface area contributed by atoms with Gasteiger partial charge in [-0.3, -0.25) is 4.79 Å². The Morgan fingerprint density at radius 2 is 1.47 bits per heavy atom. The number of anilines is 1. The van der Waals surface area contributed by atoms with Crippen LogP contribution in [0, 0.1) is 0 Å². The first-order chi connectivity index (χ1) is 17.1. The zero-order valence-corrected chi connectivity index (χ0v) is 22.2. The fourth-order valence-electron chi connectivity index (χ4n) is 3.32. The van der Waals surface area contributed by atoms with E-state index < -0.39 is 15.9 Å². The van der Waals surface area contributed by atoms with E-state index in [2.05, 4.69) is 16.0 Å². The molecule has 0 fully saturated rings. The van der Waals surface area contributed by atoms with Crippen molar-refractivity contribution < 1.29 is 32.2 Å². The molecule has 3 amide bonds. The molecule has 0 saturated heterocycles. The van der Waals surface area contributed by atoms with Crippen LogP contribution in [0.25, 0.3) is 0 Å². The Labute approximate surface area is 212 Å². The van der Waals surface area contributed by atoms with E-state index in [1.807, 2.05) is 13.8 Å². The summed E-state index contributed by atoms with van der Waals surface area (Å²) in [4.78, 5) is 25.2. The van der Waals surface area contributed by atoms with Crippen molar-refractivity contribution in [1.29, 1.82) is 0 Å². The van der Waals surface area contributed by atoms with Crippen LogP contribution in [0.1, 0.15) is 50.0 Å². The number of carbonyl (C=O) groups is 2. The molecule has 0 spiro atoms. The van der Waals surface area contributed by atoms with Gasteiger partial charge in [0.15, 0.2) is 9.84 Å². The van der Waals surface area contributed by atoms with Gasteiger partial charge in [0, 0.05) is 36.7 Å². The molecule has 2 aromatic rings. The van der Waals surface area contributed by atoms with Crippen molar-refractivity contribution in [1.82, 2.24) is 10.6 Å². The van der Waals surface area contributed by atoms with Crippen LogP contribution in [-0.4, -0.2) is 53.0 Å². The molecule has 2 aromatic carbocycles. The Morgan fingerprint density at radius 1 is 0.833 bits per heavy atom. The lowest BCUT2D eigenvalue weighted by atomic mass is 10.1. The van der Waals surface area contributed by atoms with Gasteiger partial charge in [-0.15, -0.1) is 0 Å². The SMILES string of the molecule is CCCNC(=O)c1cc(NC(=O)NCc2cc(OCC)c(S(C)(=O)=O)cc2OCC)ccc1OCC. The van der Waals surface area contributed by atoms with E-state index in [4.69, 9.17) is 14.2 Å². The zero-order valence-electron chi connectivity index (χ0n) is 21.4. The van der Waals surface area contributed by atoms with Crippen LogP contribution in [0.4, 0.5) is 10.5 Å². The van der Waals surface area contributed by atoms with E-state index in [1.54, 1.807) is 38.1 Å². The van der Waals surface area contributed by atoms with Gasteiger partial charge in [0.2, 0.25) is 0 Å². The maximum absolute atomic E-state index is 12.6. The molecule has 0 bridgehead atoms. The van der Waals surface area contributed by atoms with Crippen LogP contribution in [-0.2, 0) is 16.4 Å². The molecule has 2 rings (SSSR count). The summed E-state index contributed by atoms with van der Waals surface area (Å²) in [6, 6.07) is 7.26. The Kier molecular flexibility index (Phi) is 10.8. The van der Waals surface area contributed by atoms with Crippen LogP contribution in [0.2, 0.25) is 0 Å². The van der Waals surface area contributed by atoms with Gasteiger partial charge in [-0.2, -0.15) is 0 Å². The Morgan fingerprint density at radius 3 is 2.08 bits per heavy atom. The third-order valence-electron chi connectivity index (χ3n) is 4.88. The van der Waals surface area contributed by atoms with Gasteiger partial charge in [0.05, 0.1) is 25.4 Å². The van der Waals surface area contributed by atoms with Crippen LogP contribution >= 0.6 is 0 Å². The van der Waals surface area contributed by atoms with Crippen molar-refractivity contribution in [3.05, 3.63) is 41.5 Å². The summed E-state index contributed by atoms with van der Waals surface area (Å²) in [6.07, 6.45) is 1.88. The number of hydrogen-bond donors (Lipinski definition) is 3. The number of urea groups is 1. The summed E-state index contributed by atoms with van der Waals surface area (Å²) in [6.45, 7) is 8.85. The van der Waals surface area contributed by atoms with Crippen molar-refractivity contribution in [2.24, 2.45) is 0 Å². The Hall–Kier alpha value is -3.47. The second-order valence-corrected chi connectivity index (χ2v) is 9.74. The molecule has 0 heterocycles. The molecule has 0 radical (unpaired) electrons. The predicted molar refractivity (Wildman–Crippen MR) is 138 cm³/mol. The number of amides is 3. The van der Waals surface area contributed by atoms with Gasteiger partial charge < -0.3 is 30.2 Å². The minimum absolute atomic E-state index is 0.0178. The average molecular weight is 522 g/mol. The van der Waals surface area contributed by atoms with Crippen molar-refractivity contribution in [2.75, 3.05) is 37.9 Å². The largest absolute Gasteiger partial charge is 0.493 e. The quantitative estimate of drug-likeness (QED) is 0.366. The average Bonchev–Trinajstić information content (AvgIpc) is 2.83. The molecule has 0 aromatic heterocycles. The number of ether oxygens (including phenoxy) is 3. The van der Waals surface area contributed by atoms with E-state index in [-0.39, 0.29) is 29.7 Å². The van der Waals surface area contributed by atoms with Crippen LogP contribution in [0.3, 0.4) is 0 Å². The highest BCUT2D eigenvalue weighted by Crippen LogP contribution is 2.32. The number of hydrogen-bond acceptors (Lipinski definition) is 7. The number of benzene rings is 2. The van der Waals surface area contributed by atoms with Gasteiger partial charge in [0.1, 0.15) is 22.1 Å². The summed E-state index contributed by atoms with van der Waals surface area (Å²) in [5, 5.41) is 8.24. The van der Waals surface area contributed by atoms with Crippen LogP contribution in [0.5, 0.6) is 17.2 Å². The summed E-state index contributed by atoms with van der Waals surface area (Å²) in [7, 11) is -3.56. The topological polar surface area (TPSA) is 132 Å². The highest BCUT2D eigenvalue weighted by Gasteiger charge is 2.20. The first kappa shape index (κ1) is 28.8. The minimum Gasteiger partial charge on any atom is -0.493 e. The minimum atomic E-state index is -3.56. The summed E-state index contributed by atoms with van der Waals surface area (Å²) >= 11 is 0. The van der Waals surface area contributed by atoms with E-state index in [0.29, 0.717) is 48.1 Å². The normalized spacial score (nSPS) is 10.9. The Bertz CT molecular complexity index is 1170. The van der Waals surface area contributed by atoms with E-state index in [9.17, 15) is 18.0 Å². The van der Waals surface area contributed by atoms with E-state index in [1.165, 1.54) is 6.07 Å². The number of nitrogens with one attached hydrogen (secondary N) is 3. The molecule has 36 heavy (non-hydrogen) atoms. The lowest BCUT2D eigenvalue weighted by Crippen LogP contribution is -2.29. The van der Waals surface area contributed by atoms with Crippen molar-refractivity contribution in [3.63, 3.8) is 0 Å². The van der Waals surface area contributed by atoms with E-state index in [0.717, 1.165) is 12.7 Å². The monoisotopic (exact) mass is 521 g/mol. The lowest BCUT2D eigenvalue weighted by Gasteiger charge is -2.17. The molecule has 3 N–H and O–H groups in total. The highest BCUT2D eigenvalue weighted by atomic mass is 32.2. The second kappa shape index (κ2) is 13.6. The highest BCUT2D eigenvalue weighted by molar-refractivity contribution is 7.90. The first-order valence-electron chi connectivity index (χ1n) is 11.9. The van der Waals surface area contributed by atoms with Crippen LogP contribution < -0.4 is 30.2 Å². The smallest absolute Gasteiger partial charge is 0.319 e. The van der Waals surface area contributed by atoms with E-state index >= 15 is 0 Å². The van der Waals surface area contributed by atoms with Crippen molar-refractivity contribution in [3.8, 4) is 17.2 Å². The molecular weight excluding hydrogens is 486 g/mol. The maximum Gasteiger partial charge on any atom is 0.319 e. The molecule has 11 heteroatoms. The standard InChI is InChI=1S/C25H35N3O7S/c1-6-12-26-24(29)19-14-18(10-11-20(19)33-7-2)28-25(30)27-16-17-13-22(35-9-4)23(36(5,31)32)15-21(17)34-8-3/h10-11,13-15H,6-9,12,16H2,1-5H3,(H,26,29)(H2,27,28,30). The molecule has 0 aliphatic heterocycles. The summed E-state index contributed by atoms with van der Waals surface area (Å²) in [5.74, 6) is 0.653. The molecule has 0 saturated carbocycles. The third-order valence-corrected chi connectivity index (χ3v) is 6.00. The first-order valence-corrected chi connectivity index (χ1v) is 13.8. The second-order valence-electron chi connectivity index (χ2n) is 7.75. The van der Waals surface area contributed by atoms with Gasteiger partial charge in [0.25, 0.3) is 5.91 Å². The van der Waals surface area contributed by atoms with Gasteiger partial charge in [-0.25, -0.2) is 13.2 Å². The predicted octanol–water partition coefficient (Wildman–Crippen LogP) is 3.75. The zero-order chi connectivity index (χ0) is 26.7. The molecule has 0 atom stereocenters. The summed E-state index contributed by atoms with van der Waals surface area (Å²) < 4.78 is 41.1. The van der Waals surface area contributed by atoms with Crippen LogP contribution in [0.15, 0.2) is 35.2 Å². The number of rotatable bonds is 13. The van der Waals surface area contributed by atoms with Crippen molar-refractivity contribution >= 4 is 27.5 Å². The third kappa shape index (κ3) is 8.04. The fraction of sp³-hybridized carbons (Fsp3) is 0.440. The number of carbonyl (C=O) groups excluding carboxylic acids is 2. The van der Waals surface area contributed by atoms with Gasteiger partial charge >= 0.3 is 6.03 Å². The maximum atomic E-state index is 12.6. The molecule has 0 aliphatic carbocycles. The molecule has 0 aliphatic rings. The molecule has 198 valence electrons.